The molecule has 0 bridgehead atoms. The predicted molar refractivity (Wildman–Crippen MR) is 86.2 cm³/mol. The van der Waals surface area contributed by atoms with Crippen LogP contribution < -0.4 is 0 Å². The van der Waals surface area contributed by atoms with E-state index >= 15 is 0 Å². The second-order valence-corrected chi connectivity index (χ2v) is 5.52. The van der Waals surface area contributed by atoms with Crippen LogP contribution in [-0.4, -0.2) is 35.8 Å². The molecule has 0 aliphatic heterocycles. The van der Waals surface area contributed by atoms with Crippen LogP contribution in [0.3, 0.4) is 0 Å². The Balaban J connectivity index is 2.10. The van der Waals surface area contributed by atoms with Crippen LogP contribution in [0.5, 0.6) is 0 Å². The summed E-state index contributed by atoms with van der Waals surface area (Å²) in [5, 5.41) is 15.2. The van der Waals surface area contributed by atoms with Crippen LogP contribution in [0, 0.1) is 6.92 Å². The second kappa shape index (κ2) is 7.55. The van der Waals surface area contributed by atoms with Gasteiger partial charge in [0.1, 0.15) is 12.3 Å². The lowest BCUT2D eigenvalue weighted by Gasteiger charge is -2.04. The topological polar surface area (TPSA) is 98.1 Å². The molecule has 0 aliphatic carbocycles. The fourth-order valence-corrected chi connectivity index (χ4v) is 2.34. The Morgan fingerprint density at radius 2 is 2.22 bits per heavy atom. The van der Waals surface area contributed by atoms with Crippen LogP contribution in [0.2, 0.25) is 0 Å². The van der Waals surface area contributed by atoms with Gasteiger partial charge < -0.3 is 14.6 Å². The molecule has 1 heterocycles. The highest BCUT2D eigenvalue weighted by atomic mass is 32.1. The maximum atomic E-state index is 11.4. The van der Waals surface area contributed by atoms with Gasteiger partial charge in [-0.25, -0.2) is 14.6 Å². The first-order valence-corrected chi connectivity index (χ1v) is 7.42. The van der Waals surface area contributed by atoms with Gasteiger partial charge in [0, 0.05) is 5.38 Å². The number of aryl methyl sites for hydroxylation is 1. The number of carboxylic acids is 1. The Kier molecular flexibility index (Phi) is 5.48. The first-order valence-electron chi connectivity index (χ1n) is 6.54. The summed E-state index contributed by atoms with van der Waals surface area (Å²) < 4.78 is 4.63. The van der Waals surface area contributed by atoms with Crippen molar-refractivity contribution in [1.82, 2.24) is 4.98 Å². The van der Waals surface area contributed by atoms with Gasteiger partial charge in [-0.05, 0) is 24.6 Å². The number of aromatic nitrogens is 1. The molecule has 0 unspecified atom stereocenters. The van der Waals surface area contributed by atoms with Gasteiger partial charge in [0.15, 0.2) is 0 Å². The van der Waals surface area contributed by atoms with Crippen molar-refractivity contribution in [3.8, 4) is 0 Å². The van der Waals surface area contributed by atoms with Gasteiger partial charge in [0.25, 0.3) is 0 Å². The first kappa shape index (κ1) is 16.7. The quantitative estimate of drug-likeness (QED) is 0.484. The molecular formula is C14H13BN2O5S. The predicted octanol–water partition coefficient (Wildman–Crippen LogP) is 1.16. The van der Waals surface area contributed by atoms with E-state index in [1.807, 2.05) is 0 Å². The monoisotopic (exact) mass is 332 g/mol. The second-order valence-electron chi connectivity index (χ2n) is 4.46. The van der Waals surface area contributed by atoms with Crippen molar-refractivity contribution >= 4 is 37.0 Å². The third kappa shape index (κ3) is 4.40. The maximum absolute atomic E-state index is 11.4. The Bertz CT molecular complexity index is 759. The minimum atomic E-state index is -1.22. The van der Waals surface area contributed by atoms with Crippen LogP contribution in [0.15, 0.2) is 34.8 Å². The molecule has 9 heteroatoms. The number of benzene rings is 1. The average Bonchev–Trinajstić information content (AvgIpc) is 2.96. The third-order valence-electron chi connectivity index (χ3n) is 2.80. The van der Waals surface area contributed by atoms with E-state index in [0.29, 0.717) is 11.1 Å². The van der Waals surface area contributed by atoms with Crippen molar-refractivity contribution in [1.29, 1.82) is 0 Å². The first-order chi connectivity index (χ1) is 11.0. The fraction of sp³-hybridized carbons (Fsp3) is 0.143. The van der Waals surface area contributed by atoms with Gasteiger partial charge in [0.2, 0.25) is 5.71 Å². The van der Waals surface area contributed by atoms with E-state index in [4.69, 9.17) is 4.84 Å². The maximum Gasteiger partial charge on any atom is 0.360 e. The van der Waals surface area contributed by atoms with Crippen LogP contribution in [0.25, 0.3) is 0 Å². The van der Waals surface area contributed by atoms with Crippen molar-refractivity contribution in [2.75, 3.05) is 0 Å². The summed E-state index contributed by atoms with van der Waals surface area (Å²) in [4.78, 5) is 31.8. The highest BCUT2D eigenvalue weighted by Crippen LogP contribution is 2.11. The molecule has 0 saturated carbocycles. The number of oxime groups is 1. The van der Waals surface area contributed by atoms with Crippen LogP contribution in [0.1, 0.15) is 26.6 Å². The van der Waals surface area contributed by atoms with E-state index in [1.165, 1.54) is 19.4 Å². The van der Waals surface area contributed by atoms with Crippen molar-refractivity contribution in [3.63, 3.8) is 0 Å². The molecule has 0 spiro atoms. The fourth-order valence-electron chi connectivity index (χ4n) is 1.74. The van der Waals surface area contributed by atoms with E-state index in [0.717, 1.165) is 5.01 Å². The van der Waals surface area contributed by atoms with E-state index in [2.05, 4.69) is 14.8 Å². The Morgan fingerprint density at radius 1 is 1.43 bits per heavy atom. The van der Waals surface area contributed by atoms with E-state index in [1.54, 1.807) is 36.6 Å². The lowest BCUT2D eigenvalue weighted by molar-refractivity contribution is -0.129. The molecule has 0 amide bonds. The van der Waals surface area contributed by atoms with Crippen molar-refractivity contribution in [2.45, 2.75) is 13.5 Å². The summed E-state index contributed by atoms with van der Waals surface area (Å²) in [6, 6.07) is 6.61. The van der Waals surface area contributed by atoms with E-state index in [-0.39, 0.29) is 18.0 Å². The zero-order valence-electron chi connectivity index (χ0n) is 12.5. The highest BCUT2D eigenvalue weighted by Gasteiger charge is 2.16. The highest BCUT2D eigenvalue weighted by molar-refractivity contribution is 7.09. The number of nitrogens with zero attached hydrogens (tertiary/aromatic N) is 2. The molecule has 0 atom stereocenters. The molecule has 0 radical (unpaired) electrons. The largest absolute Gasteiger partial charge is 0.540 e. The van der Waals surface area contributed by atoms with Gasteiger partial charge in [-0.3, -0.25) is 0 Å². The minimum Gasteiger partial charge on any atom is -0.540 e. The summed E-state index contributed by atoms with van der Waals surface area (Å²) in [7, 11) is 1.30. The smallest absolute Gasteiger partial charge is 0.360 e. The van der Waals surface area contributed by atoms with Crippen LogP contribution in [0.4, 0.5) is 0 Å². The molecule has 1 N–H and O–H groups in total. The molecule has 0 saturated heterocycles. The molecule has 1 aromatic heterocycles. The summed E-state index contributed by atoms with van der Waals surface area (Å²) in [5.41, 5.74) is 1.03. The molecular weight excluding hydrogens is 319 g/mol. The summed E-state index contributed by atoms with van der Waals surface area (Å²) in [6.45, 7) is 1.79. The number of hydrogen-bond acceptors (Lipinski definition) is 7. The molecule has 0 fully saturated rings. The number of carbonyl (C=O) groups excluding carboxylic acids is 1. The molecule has 0 aliphatic rings. The third-order valence-corrected chi connectivity index (χ3v) is 3.57. The molecule has 118 valence electrons. The minimum absolute atomic E-state index is 0.0186. The van der Waals surface area contributed by atoms with Crippen LogP contribution >= 0.6 is 11.3 Å². The van der Waals surface area contributed by atoms with E-state index in [9.17, 15) is 14.7 Å². The van der Waals surface area contributed by atoms with Gasteiger partial charge in [-0.2, -0.15) is 0 Å². The van der Waals surface area contributed by atoms with Gasteiger partial charge >= 0.3 is 20.0 Å². The molecule has 1 aromatic carbocycles. The zero-order valence-corrected chi connectivity index (χ0v) is 13.3. The normalized spacial score (nSPS) is 11.1. The lowest BCUT2D eigenvalue weighted by Crippen LogP contribution is -2.15. The Labute approximate surface area is 137 Å². The van der Waals surface area contributed by atoms with Gasteiger partial charge in [-0.1, -0.05) is 17.3 Å². The molecule has 2 rings (SSSR count). The Hall–Kier alpha value is -2.68. The number of carbonyl (C=O) groups is 2. The Morgan fingerprint density at radius 3 is 2.83 bits per heavy atom. The van der Waals surface area contributed by atoms with E-state index < -0.39 is 11.9 Å². The number of carboxylic acid groups (broad SMARTS) is 1. The van der Waals surface area contributed by atoms with Gasteiger partial charge in [-0.15, -0.1) is 11.3 Å². The van der Waals surface area contributed by atoms with Crippen molar-refractivity contribution in [3.05, 3.63) is 51.5 Å². The lowest BCUT2D eigenvalue weighted by atomic mass is 10.1. The van der Waals surface area contributed by atoms with Gasteiger partial charge in [0.05, 0.1) is 10.6 Å². The van der Waals surface area contributed by atoms with Crippen LogP contribution in [-0.2, 0) is 20.9 Å². The van der Waals surface area contributed by atoms with Crippen molar-refractivity contribution < 1.29 is 24.2 Å². The molecule has 7 nitrogen and oxygen atoms in total. The number of hydrogen-bond donors (Lipinski definition) is 1. The average molecular weight is 332 g/mol. The zero-order chi connectivity index (χ0) is 16.8. The molecule has 23 heavy (non-hydrogen) atoms. The number of thiazole rings is 1. The van der Waals surface area contributed by atoms with Crippen molar-refractivity contribution in [2.24, 2.45) is 5.16 Å². The number of aliphatic carboxylic acids is 1. The standard InChI is InChI=1S/C14H13BN2O5S/c1-8-16-11(7-23-8)12(13(18)19)17-21-6-9-3-2-4-10(5-9)14(20)22-15/h2-5,7H,6,15H2,1H3,(H,18,19)/b17-12-. The summed E-state index contributed by atoms with van der Waals surface area (Å²) >= 11 is 1.33. The number of rotatable bonds is 6. The SMILES string of the molecule is BOC(=O)c1cccc(CO/N=C(\C(=O)O)c2csc(C)n2)c1. The molecule has 2 aromatic rings. The summed E-state index contributed by atoms with van der Waals surface area (Å²) in [6.07, 6.45) is 0. The summed E-state index contributed by atoms with van der Waals surface area (Å²) in [5.74, 6) is -1.68.